The predicted molar refractivity (Wildman–Crippen MR) is 78.7 cm³/mol. The Morgan fingerprint density at radius 2 is 1.62 bits per heavy atom. The highest BCUT2D eigenvalue weighted by molar-refractivity contribution is 6.00. The minimum Gasteiger partial charge on any atom is -0.465 e. The number of hydrogen-bond donors (Lipinski definition) is 0. The predicted octanol–water partition coefficient (Wildman–Crippen LogP) is 2.71. The van der Waals surface area contributed by atoms with E-state index in [0.29, 0.717) is 12.8 Å². The molecule has 1 saturated carbocycles. The fraction of sp³-hybridized carbons (Fsp3) is 0.875. The molecule has 1 aliphatic carbocycles. The van der Waals surface area contributed by atoms with E-state index in [1.807, 2.05) is 6.92 Å². The monoisotopic (exact) mass is 300 g/mol. The Hall–Kier alpha value is -1.10. The second-order valence-corrected chi connectivity index (χ2v) is 5.49. The summed E-state index contributed by atoms with van der Waals surface area (Å²) < 4.78 is 15.9. The summed E-state index contributed by atoms with van der Waals surface area (Å²) in [6.07, 6.45) is 3.93. The Bertz CT molecular complexity index is 335. The lowest BCUT2D eigenvalue weighted by Gasteiger charge is -2.39. The SMILES string of the molecule is CCOC(=O)C(CC)(C(=O)OCC)C1CCCC(OC)C1. The molecule has 0 radical (unpaired) electrons. The van der Waals surface area contributed by atoms with Crippen LogP contribution in [0.5, 0.6) is 0 Å². The number of carbonyl (C=O) groups excluding carboxylic acids is 2. The highest BCUT2D eigenvalue weighted by Crippen LogP contribution is 2.44. The summed E-state index contributed by atoms with van der Waals surface area (Å²) in [5, 5.41) is 0. The molecule has 0 aliphatic heterocycles. The first-order valence-corrected chi connectivity index (χ1v) is 7.93. The Morgan fingerprint density at radius 3 is 2.05 bits per heavy atom. The zero-order valence-electron chi connectivity index (χ0n) is 13.6. The van der Waals surface area contributed by atoms with Gasteiger partial charge in [0.2, 0.25) is 0 Å². The van der Waals surface area contributed by atoms with E-state index in [0.717, 1.165) is 19.3 Å². The molecule has 1 aliphatic rings. The lowest BCUT2D eigenvalue weighted by molar-refractivity contribution is -0.179. The van der Waals surface area contributed by atoms with Gasteiger partial charge in [0, 0.05) is 7.11 Å². The summed E-state index contributed by atoms with van der Waals surface area (Å²) in [7, 11) is 1.68. The summed E-state index contributed by atoms with van der Waals surface area (Å²) in [5.41, 5.74) is -1.19. The van der Waals surface area contributed by atoms with Gasteiger partial charge in [-0.05, 0) is 45.4 Å². The largest absolute Gasteiger partial charge is 0.465 e. The van der Waals surface area contributed by atoms with Crippen molar-refractivity contribution in [2.75, 3.05) is 20.3 Å². The number of ether oxygens (including phenoxy) is 3. The van der Waals surface area contributed by atoms with E-state index < -0.39 is 17.4 Å². The Labute approximate surface area is 127 Å². The van der Waals surface area contributed by atoms with Crippen molar-refractivity contribution in [2.24, 2.45) is 11.3 Å². The molecule has 2 atom stereocenters. The van der Waals surface area contributed by atoms with Gasteiger partial charge in [0.05, 0.1) is 19.3 Å². The number of carbonyl (C=O) groups is 2. The van der Waals surface area contributed by atoms with E-state index in [4.69, 9.17) is 14.2 Å². The smallest absolute Gasteiger partial charge is 0.323 e. The molecule has 1 fully saturated rings. The van der Waals surface area contributed by atoms with Crippen LogP contribution in [-0.2, 0) is 23.8 Å². The Morgan fingerprint density at radius 1 is 1.05 bits per heavy atom. The maximum atomic E-state index is 12.5. The van der Waals surface area contributed by atoms with Crippen molar-refractivity contribution in [1.82, 2.24) is 0 Å². The molecule has 0 N–H and O–H groups in total. The van der Waals surface area contributed by atoms with E-state index >= 15 is 0 Å². The van der Waals surface area contributed by atoms with E-state index in [2.05, 4.69) is 0 Å². The minimum absolute atomic E-state index is 0.0840. The van der Waals surface area contributed by atoms with Crippen LogP contribution in [0.2, 0.25) is 0 Å². The molecule has 0 amide bonds. The third kappa shape index (κ3) is 3.76. The second-order valence-electron chi connectivity index (χ2n) is 5.49. The highest BCUT2D eigenvalue weighted by atomic mass is 16.6. The first-order chi connectivity index (χ1) is 10.1. The van der Waals surface area contributed by atoms with Crippen LogP contribution in [0, 0.1) is 11.3 Å². The number of esters is 2. The second kappa shape index (κ2) is 8.37. The standard InChI is InChI=1S/C16H28O5/c1-5-16(14(17)20-6-2,15(18)21-7-3)12-9-8-10-13(11-12)19-4/h12-13H,5-11H2,1-4H3. The van der Waals surface area contributed by atoms with Crippen molar-refractivity contribution in [3.63, 3.8) is 0 Å². The van der Waals surface area contributed by atoms with Crippen LogP contribution in [0.25, 0.3) is 0 Å². The van der Waals surface area contributed by atoms with Crippen LogP contribution in [0.3, 0.4) is 0 Å². The van der Waals surface area contributed by atoms with Crippen molar-refractivity contribution >= 4 is 11.9 Å². The molecule has 0 aromatic heterocycles. The fourth-order valence-electron chi connectivity index (χ4n) is 3.32. The molecule has 122 valence electrons. The number of rotatable bonds is 7. The van der Waals surface area contributed by atoms with Gasteiger partial charge in [-0.1, -0.05) is 13.3 Å². The first-order valence-electron chi connectivity index (χ1n) is 7.93. The lowest BCUT2D eigenvalue weighted by Crippen LogP contribution is -2.49. The van der Waals surface area contributed by atoms with E-state index in [1.165, 1.54) is 0 Å². The third-order valence-electron chi connectivity index (χ3n) is 4.49. The van der Waals surface area contributed by atoms with Gasteiger partial charge < -0.3 is 14.2 Å². The van der Waals surface area contributed by atoms with Crippen LogP contribution in [0.4, 0.5) is 0 Å². The van der Waals surface area contributed by atoms with Gasteiger partial charge in [0.25, 0.3) is 0 Å². The van der Waals surface area contributed by atoms with Crippen LogP contribution >= 0.6 is 0 Å². The first kappa shape index (κ1) is 18.0. The van der Waals surface area contributed by atoms with Gasteiger partial charge in [-0.3, -0.25) is 9.59 Å². The topological polar surface area (TPSA) is 61.8 Å². The van der Waals surface area contributed by atoms with Gasteiger partial charge in [-0.2, -0.15) is 0 Å². The molecule has 0 bridgehead atoms. The molecule has 0 aromatic carbocycles. The molecule has 1 rings (SSSR count). The molecule has 0 saturated heterocycles. The summed E-state index contributed by atoms with van der Waals surface area (Å²) in [4.78, 5) is 25.1. The molecule has 0 heterocycles. The van der Waals surface area contributed by atoms with Gasteiger partial charge in [0.1, 0.15) is 0 Å². The Balaban J connectivity index is 3.09. The normalized spacial score (nSPS) is 22.7. The lowest BCUT2D eigenvalue weighted by atomic mass is 9.66. The summed E-state index contributed by atoms with van der Waals surface area (Å²) in [5.74, 6) is -0.986. The zero-order valence-corrected chi connectivity index (χ0v) is 13.6. The third-order valence-corrected chi connectivity index (χ3v) is 4.49. The van der Waals surface area contributed by atoms with Crippen molar-refractivity contribution < 1.29 is 23.8 Å². The molecule has 0 aromatic rings. The molecule has 5 heteroatoms. The average Bonchev–Trinajstić information content (AvgIpc) is 2.49. The maximum Gasteiger partial charge on any atom is 0.323 e. The summed E-state index contributed by atoms with van der Waals surface area (Å²) in [6, 6.07) is 0. The number of hydrogen-bond acceptors (Lipinski definition) is 5. The van der Waals surface area contributed by atoms with E-state index in [-0.39, 0.29) is 25.2 Å². The Kier molecular flexibility index (Phi) is 7.15. The van der Waals surface area contributed by atoms with Gasteiger partial charge in [-0.25, -0.2) is 0 Å². The summed E-state index contributed by atoms with van der Waals surface area (Å²) >= 11 is 0. The maximum absolute atomic E-state index is 12.5. The van der Waals surface area contributed by atoms with Crippen molar-refractivity contribution in [3.8, 4) is 0 Å². The van der Waals surface area contributed by atoms with Crippen molar-refractivity contribution in [3.05, 3.63) is 0 Å². The molecular formula is C16H28O5. The molecule has 2 unspecified atom stereocenters. The van der Waals surface area contributed by atoms with Crippen molar-refractivity contribution in [2.45, 2.75) is 59.0 Å². The number of methoxy groups -OCH3 is 1. The van der Waals surface area contributed by atoms with E-state index in [9.17, 15) is 9.59 Å². The summed E-state index contributed by atoms with van der Waals surface area (Å²) in [6.45, 7) is 5.88. The van der Waals surface area contributed by atoms with Crippen LogP contribution in [0.1, 0.15) is 52.9 Å². The van der Waals surface area contributed by atoms with Gasteiger partial charge in [0.15, 0.2) is 5.41 Å². The van der Waals surface area contributed by atoms with Crippen LogP contribution in [-0.4, -0.2) is 38.4 Å². The minimum atomic E-state index is -1.19. The molecule has 21 heavy (non-hydrogen) atoms. The molecule has 5 nitrogen and oxygen atoms in total. The van der Waals surface area contributed by atoms with E-state index in [1.54, 1.807) is 21.0 Å². The highest BCUT2D eigenvalue weighted by Gasteiger charge is 2.54. The van der Waals surface area contributed by atoms with Crippen molar-refractivity contribution in [1.29, 1.82) is 0 Å². The zero-order chi connectivity index (χ0) is 15.9. The van der Waals surface area contributed by atoms with Gasteiger partial charge >= 0.3 is 11.9 Å². The van der Waals surface area contributed by atoms with Gasteiger partial charge in [-0.15, -0.1) is 0 Å². The van der Waals surface area contributed by atoms with Crippen LogP contribution < -0.4 is 0 Å². The quantitative estimate of drug-likeness (QED) is 0.534. The fourth-order valence-corrected chi connectivity index (χ4v) is 3.32. The van der Waals surface area contributed by atoms with Crippen LogP contribution in [0.15, 0.2) is 0 Å². The molecular weight excluding hydrogens is 272 g/mol. The molecule has 0 spiro atoms. The average molecular weight is 300 g/mol.